The zero-order valence-corrected chi connectivity index (χ0v) is 11.4. The maximum Gasteiger partial charge on any atom is 0.239 e. The van der Waals surface area contributed by atoms with Crippen LogP contribution in [-0.2, 0) is 9.59 Å². The van der Waals surface area contributed by atoms with Crippen molar-refractivity contribution in [2.45, 2.75) is 45.1 Å². The molecule has 0 spiro atoms. The summed E-state index contributed by atoms with van der Waals surface area (Å²) < 4.78 is 0. The van der Waals surface area contributed by atoms with Gasteiger partial charge in [0.25, 0.3) is 0 Å². The number of nitrogens with zero attached hydrogens (tertiary/aromatic N) is 1. The van der Waals surface area contributed by atoms with Crippen LogP contribution in [0.25, 0.3) is 0 Å². The fourth-order valence-electron chi connectivity index (χ4n) is 1.50. The molecule has 17 heavy (non-hydrogen) atoms. The summed E-state index contributed by atoms with van der Waals surface area (Å²) in [5.74, 6) is -0.0695. The molecule has 2 amide bonds. The van der Waals surface area contributed by atoms with E-state index in [4.69, 9.17) is 5.73 Å². The van der Waals surface area contributed by atoms with Crippen molar-refractivity contribution in [2.75, 3.05) is 20.6 Å². The van der Waals surface area contributed by atoms with Gasteiger partial charge in [0.15, 0.2) is 0 Å². The second kappa shape index (κ2) is 7.27. The molecule has 100 valence electrons. The third-order valence-electron chi connectivity index (χ3n) is 2.64. The highest BCUT2D eigenvalue weighted by atomic mass is 16.2. The van der Waals surface area contributed by atoms with Gasteiger partial charge in [-0.05, 0) is 19.8 Å². The van der Waals surface area contributed by atoms with E-state index in [2.05, 4.69) is 5.32 Å². The van der Waals surface area contributed by atoms with E-state index in [-0.39, 0.29) is 11.8 Å². The van der Waals surface area contributed by atoms with Crippen LogP contribution >= 0.6 is 0 Å². The van der Waals surface area contributed by atoms with E-state index in [0.717, 1.165) is 6.42 Å². The third-order valence-corrected chi connectivity index (χ3v) is 2.64. The van der Waals surface area contributed by atoms with Crippen molar-refractivity contribution in [2.24, 2.45) is 5.73 Å². The summed E-state index contributed by atoms with van der Waals surface area (Å²) >= 11 is 0. The lowest BCUT2D eigenvalue weighted by Crippen LogP contribution is -2.51. The molecular formula is C12H25N3O2. The number of nitrogens with two attached hydrogens (primary N) is 1. The molecule has 5 heteroatoms. The molecule has 3 N–H and O–H groups in total. The van der Waals surface area contributed by atoms with Crippen LogP contribution in [0.4, 0.5) is 0 Å². The number of rotatable bonds is 7. The Morgan fingerprint density at radius 2 is 1.94 bits per heavy atom. The molecule has 0 heterocycles. The van der Waals surface area contributed by atoms with E-state index < -0.39 is 5.54 Å². The zero-order chi connectivity index (χ0) is 13.5. The first-order chi connectivity index (χ1) is 7.81. The van der Waals surface area contributed by atoms with Crippen molar-refractivity contribution >= 4 is 11.8 Å². The van der Waals surface area contributed by atoms with Gasteiger partial charge >= 0.3 is 0 Å². The smallest absolute Gasteiger partial charge is 0.239 e. The average molecular weight is 243 g/mol. The number of hydrogen-bond acceptors (Lipinski definition) is 3. The second-order valence-electron chi connectivity index (χ2n) is 4.82. The molecule has 0 fully saturated rings. The Balaban J connectivity index is 3.82. The largest absolute Gasteiger partial charge is 0.354 e. The molecule has 0 aliphatic carbocycles. The average Bonchev–Trinajstić information content (AvgIpc) is 2.23. The van der Waals surface area contributed by atoms with Gasteiger partial charge in [-0.2, -0.15) is 0 Å². The highest BCUT2D eigenvalue weighted by Gasteiger charge is 2.26. The molecule has 0 aliphatic heterocycles. The summed E-state index contributed by atoms with van der Waals surface area (Å²) in [4.78, 5) is 24.5. The molecule has 0 radical (unpaired) electrons. The lowest BCUT2D eigenvalue weighted by atomic mass is 9.96. The minimum absolute atomic E-state index is 0.0725. The minimum Gasteiger partial charge on any atom is -0.354 e. The molecule has 0 aliphatic rings. The molecule has 0 aromatic carbocycles. The van der Waals surface area contributed by atoms with Crippen LogP contribution in [0.3, 0.4) is 0 Å². The second-order valence-corrected chi connectivity index (χ2v) is 4.82. The molecule has 0 saturated heterocycles. The first-order valence-electron chi connectivity index (χ1n) is 6.08. The molecule has 5 nitrogen and oxygen atoms in total. The monoisotopic (exact) mass is 243 g/mol. The maximum absolute atomic E-state index is 11.7. The van der Waals surface area contributed by atoms with Gasteiger partial charge in [-0.1, -0.05) is 13.3 Å². The fraction of sp³-hybridized carbons (Fsp3) is 0.833. The van der Waals surface area contributed by atoms with E-state index in [9.17, 15) is 9.59 Å². The van der Waals surface area contributed by atoms with Crippen molar-refractivity contribution in [3.8, 4) is 0 Å². The van der Waals surface area contributed by atoms with Gasteiger partial charge in [-0.25, -0.2) is 0 Å². The van der Waals surface area contributed by atoms with E-state index in [1.807, 2.05) is 6.92 Å². The van der Waals surface area contributed by atoms with Crippen molar-refractivity contribution in [1.29, 1.82) is 0 Å². The molecule has 1 atom stereocenters. The summed E-state index contributed by atoms with van der Waals surface area (Å²) in [6.07, 6.45) is 2.63. The Bertz CT molecular complexity index is 262. The zero-order valence-electron chi connectivity index (χ0n) is 11.4. The molecule has 0 aromatic rings. The minimum atomic E-state index is -0.805. The van der Waals surface area contributed by atoms with Gasteiger partial charge < -0.3 is 16.0 Å². The Kier molecular flexibility index (Phi) is 6.80. The van der Waals surface area contributed by atoms with Crippen LogP contribution in [0.5, 0.6) is 0 Å². The van der Waals surface area contributed by atoms with Gasteiger partial charge in [0.1, 0.15) is 0 Å². The molecule has 0 saturated carbocycles. The number of hydrogen-bond donors (Lipinski definition) is 2. The van der Waals surface area contributed by atoms with Crippen LogP contribution in [0.15, 0.2) is 0 Å². The Morgan fingerprint density at radius 3 is 2.41 bits per heavy atom. The quantitative estimate of drug-likeness (QED) is 0.639. The van der Waals surface area contributed by atoms with E-state index >= 15 is 0 Å². The van der Waals surface area contributed by atoms with Crippen molar-refractivity contribution in [3.05, 3.63) is 0 Å². The Labute approximate surface area is 104 Å². The third kappa shape index (κ3) is 6.26. The summed E-state index contributed by atoms with van der Waals surface area (Å²) in [5.41, 5.74) is 5.07. The Hall–Kier alpha value is -1.10. The van der Waals surface area contributed by atoms with E-state index in [1.54, 1.807) is 25.9 Å². The Morgan fingerprint density at radius 1 is 1.35 bits per heavy atom. The van der Waals surface area contributed by atoms with Gasteiger partial charge in [-0.15, -0.1) is 0 Å². The highest BCUT2D eigenvalue weighted by Crippen LogP contribution is 2.08. The van der Waals surface area contributed by atoms with E-state index in [0.29, 0.717) is 25.8 Å². The predicted octanol–water partition coefficient (Wildman–Crippen LogP) is 0.489. The van der Waals surface area contributed by atoms with Gasteiger partial charge in [0.2, 0.25) is 11.8 Å². The summed E-state index contributed by atoms with van der Waals surface area (Å²) in [6, 6.07) is 0. The summed E-state index contributed by atoms with van der Waals surface area (Å²) in [7, 11) is 3.44. The molecular weight excluding hydrogens is 218 g/mol. The lowest BCUT2D eigenvalue weighted by molar-refractivity contribution is -0.129. The number of carbonyl (C=O) groups excluding carboxylic acids is 2. The molecule has 1 unspecified atom stereocenters. The van der Waals surface area contributed by atoms with Gasteiger partial charge in [0, 0.05) is 27.1 Å². The predicted molar refractivity (Wildman–Crippen MR) is 68.4 cm³/mol. The summed E-state index contributed by atoms with van der Waals surface area (Å²) in [6.45, 7) is 4.22. The highest BCUT2D eigenvalue weighted by molar-refractivity contribution is 5.85. The molecule has 0 rings (SSSR count). The van der Waals surface area contributed by atoms with Gasteiger partial charge in [0.05, 0.1) is 5.54 Å². The number of amides is 2. The topological polar surface area (TPSA) is 75.4 Å². The lowest BCUT2D eigenvalue weighted by Gasteiger charge is -2.22. The van der Waals surface area contributed by atoms with Crippen molar-refractivity contribution in [1.82, 2.24) is 10.2 Å². The molecule has 0 aromatic heterocycles. The number of nitrogens with one attached hydrogen (secondary N) is 1. The molecule has 0 bridgehead atoms. The fourth-order valence-corrected chi connectivity index (χ4v) is 1.50. The summed E-state index contributed by atoms with van der Waals surface area (Å²) in [5, 5.41) is 2.77. The van der Waals surface area contributed by atoms with Crippen LogP contribution in [0.2, 0.25) is 0 Å². The van der Waals surface area contributed by atoms with Gasteiger partial charge in [-0.3, -0.25) is 9.59 Å². The van der Waals surface area contributed by atoms with E-state index in [1.165, 1.54) is 0 Å². The van der Waals surface area contributed by atoms with Crippen molar-refractivity contribution in [3.63, 3.8) is 0 Å². The number of carbonyl (C=O) groups is 2. The maximum atomic E-state index is 11.7. The SMILES string of the molecule is CCCC(C)(N)C(=O)NCCCC(=O)N(C)C. The van der Waals surface area contributed by atoms with Crippen LogP contribution in [0, 0.1) is 0 Å². The van der Waals surface area contributed by atoms with Crippen molar-refractivity contribution < 1.29 is 9.59 Å². The standard InChI is InChI=1S/C12H25N3O2/c1-5-8-12(2,13)11(17)14-9-6-7-10(16)15(3)4/h5-9,13H2,1-4H3,(H,14,17). The first kappa shape index (κ1) is 15.9. The van der Waals surface area contributed by atoms with Crippen LogP contribution in [-0.4, -0.2) is 42.9 Å². The van der Waals surface area contributed by atoms with Crippen LogP contribution in [0.1, 0.15) is 39.5 Å². The normalized spacial score (nSPS) is 13.9. The first-order valence-corrected chi connectivity index (χ1v) is 6.08. The van der Waals surface area contributed by atoms with Crippen LogP contribution < -0.4 is 11.1 Å².